The average molecular weight is 615 g/mol. The van der Waals surface area contributed by atoms with Crippen LogP contribution in [0.4, 0.5) is 15.8 Å². The second-order valence-electron chi connectivity index (χ2n) is 9.57. The number of hydrogen-bond acceptors (Lipinski definition) is 7. The molecule has 0 fully saturated rings. The molecule has 0 aliphatic carbocycles. The number of fused-ring (bicyclic) bond motifs is 1. The predicted molar refractivity (Wildman–Crippen MR) is 161 cm³/mol. The lowest BCUT2D eigenvalue weighted by atomic mass is 9.95. The van der Waals surface area contributed by atoms with Crippen molar-refractivity contribution in [3.8, 4) is 11.3 Å². The van der Waals surface area contributed by atoms with Gasteiger partial charge in [0, 0.05) is 22.9 Å². The van der Waals surface area contributed by atoms with E-state index >= 15 is 0 Å². The molecule has 43 heavy (non-hydrogen) atoms. The van der Waals surface area contributed by atoms with Gasteiger partial charge < -0.3 is 9.73 Å². The molecule has 12 heteroatoms. The molecule has 214 valence electrons. The number of benzene rings is 3. The van der Waals surface area contributed by atoms with Gasteiger partial charge in [-0.05, 0) is 61.0 Å². The lowest BCUT2D eigenvalue weighted by molar-refractivity contribution is -0.384. The van der Waals surface area contributed by atoms with Gasteiger partial charge in [0.15, 0.2) is 4.80 Å². The number of carbonyl (C=O) groups is 1. The molecule has 0 saturated heterocycles. The van der Waals surface area contributed by atoms with Gasteiger partial charge in [-0.25, -0.2) is 9.38 Å². The normalized spacial score (nSPS) is 14.8. The number of aromatic nitrogens is 1. The van der Waals surface area contributed by atoms with Crippen LogP contribution < -0.4 is 20.2 Å². The third-order valence-corrected chi connectivity index (χ3v) is 8.02. The molecule has 2 aromatic heterocycles. The van der Waals surface area contributed by atoms with Gasteiger partial charge >= 0.3 is 0 Å². The van der Waals surface area contributed by atoms with Crippen molar-refractivity contribution >= 4 is 46.3 Å². The van der Waals surface area contributed by atoms with Gasteiger partial charge in [-0.3, -0.25) is 24.3 Å². The molecular formula is C31H20ClFN4O5S. The van der Waals surface area contributed by atoms with E-state index in [4.69, 9.17) is 16.0 Å². The van der Waals surface area contributed by atoms with E-state index in [9.17, 15) is 24.1 Å². The fourth-order valence-electron chi connectivity index (χ4n) is 4.86. The summed E-state index contributed by atoms with van der Waals surface area (Å²) in [7, 11) is 0. The lowest BCUT2D eigenvalue weighted by Gasteiger charge is -2.25. The highest BCUT2D eigenvalue weighted by atomic mass is 35.5. The van der Waals surface area contributed by atoms with Crippen molar-refractivity contribution in [3.05, 3.63) is 148 Å². The van der Waals surface area contributed by atoms with Gasteiger partial charge in [0.2, 0.25) is 0 Å². The Morgan fingerprint density at radius 3 is 2.58 bits per heavy atom. The first-order chi connectivity index (χ1) is 20.7. The molecule has 1 aliphatic rings. The number of nitrogens with zero attached hydrogens (tertiary/aromatic N) is 3. The molecule has 1 N–H and O–H groups in total. The maximum absolute atomic E-state index is 13.9. The Morgan fingerprint density at radius 2 is 1.86 bits per heavy atom. The third kappa shape index (κ3) is 5.43. The molecule has 5 aromatic rings. The smallest absolute Gasteiger partial charge is 0.281 e. The van der Waals surface area contributed by atoms with Gasteiger partial charge in [-0.15, -0.1) is 0 Å². The quantitative estimate of drug-likeness (QED) is 0.190. The number of amides is 1. The molecule has 3 aromatic carbocycles. The summed E-state index contributed by atoms with van der Waals surface area (Å²) in [5.41, 5.74) is 1.32. The summed E-state index contributed by atoms with van der Waals surface area (Å²) in [6.07, 6.45) is 1.51. The van der Waals surface area contributed by atoms with E-state index in [0.29, 0.717) is 21.7 Å². The number of nitro groups is 1. The number of allylic oxidation sites excluding steroid dienone is 1. The number of thiazole rings is 1. The van der Waals surface area contributed by atoms with Gasteiger partial charge in [0.1, 0.15) is 17.3 Å². The molecule has 0 spiro atoms. The largest absolute Gasteiger partial charge is 0.456 e. The summed E-state index contributed by atoms with van der Waals surface area (Å²) < 4.78 is 21.4. The lowest BCUT2D eigenvalue weighted by Crippen LogP contribution is -2.40. The Hall–Kier alpha value is -5.13. The number of hydrogen-bond donors (Lipinski definition) is 1. The van der Waals surface area contributed by atoms with E-state index in [0.717, 1.165) is 11.3 Å². The highest BCUT2D eigenvalue weighted by molar-refractivity contribution is 7.07. The minimum Gasteiger partial charge on any atom is -0.456 e. The van der Waals surface area contributed by atoms with Crippen molar-refractivity contribution in [2.75, 3.05) is 5.32 Å². The summed E-state index contributed by atoms with van der Waals surface area (Å²) in [5, 5.41) is 14.6. The number of para-hydroxylation sites is 1. The zero-order chi connectivity index (χ0) is 30.2. The minimum absolute atomic E-state index is 0.214. The monoisotopic (exact) mass is 614 g/mol. The third-order valence-electron chi connectivity index (χ3n) is 6.81. The van der Waals surface area contributed by atoms with Crippen LogP contribution in [-0.4, -0.2) is 15.4 Å². The van der Waals surface area contributed by atoms with E-state index in [1.54, 1.807) is 43.3 Å². The standard InChI is InChI=1S/C31H20ClFN4O5S/c1-17-27(29(38)35-21-5-3-2-4-6-21)28(18-7-10-20(33)11-8-18)36-30(39)26(43-31(36)34-17)16-22-12-14-25(42-22)23-13-9-19(32)15-24(23)37(40)41/h2-16,28H,1H3,(H,35,38)/b26-16+/t28-/m0/s1. The van der Waals surface area contributed by atoms with Crippen LogP contribution in [0.5, 0.6) is 0 Å². The van der Waals surface area contributed by atoms with Crippen molar-refractivity contribution in [3.63, 3.8) is 0 Å². The maximum atomic E-state index is 13.9. The molecule has 1 atom stereocenters. The Labute approximate surface area is 251 Å². The van der Waals surface area contributed by atoms with Crippen molar-refractivity contribution < 1.29 is 18.5 Å². The van der Waals surface area contributed by atoms with Crippen LogP contribution in [0, 0.1) is 15.9 Å². The summed E-state index contributed by atoms with van der Waals surface area (Å²) in [5.74, 6) is -0.402. The predicted octanol–water partition coefficient (Wildman–Crippen LogP) is 5.83. The number of halogens is 2. The summed E-state index contributed by atoms with van der Waals surface area (Å²) in [4.78, 5) is 43.4. The van der Waals surface area contributed by atoms with Crippen LogP contribution in [0.15, 0.2) is 110 Å². The Bertz CT molecular complexity index is 2120. The van der Waals surface area contributed by atoms with Gasteiger partial charge in [0.05, 0.1) is 32.3 Å². The maximum Gasteiger partial charge on any atom is 0.281 e. The fraction of sp³-hybridized carbons (Fsp3) is 0.0645. The zero-order valence-corrected chi connectivity index (χ0v) is 23.9. The van der Waals surface area contributed by atoms with E-state index < -0.39 is 28.2 Å². The Balaban J connectivity index is 1.45. The fourth-order valence-corrected chi connectivity index (χ4v) is 6.05. The van der Waals surface area contributed by atoms with E-state index in [-0.39, 0.29) is 37.9 Å². The van der Waals surface area contributed by atoms with Crippen molar-refractivity contribution in [2.24, 2.45) is 4.99 Å². The first kappa shape index (κ1) is 28.0. The number of nitrogens with one attached hydrogen (secondary N) is 1. The molecular weight excluding hydrogens is 595 g/mol. The molecule has 0 radical (unpaired) electrons. The van der Waals surface area contributed by atoms with Crippen LogP contribution in [0.2, 0.25) is 5.02 Å². The number of furan rings is 1. The number of anilines is 1. The highest BCUT2D eigenvalue weighted by Crippen LogP contribution is 2.34. The van der Waals surface area contributed by atoms with Gasteiger partial charge in [-0.2, -0.15) is 0 Å². The summed E-state index contributed by atoms with van der Waals surface area (Å²) in [6, 6.07) is 21.0. The second-order valence-corrected chi connectivity index (χ2v) is 11.0. The van der Waals surface area contributed by atoms with E-state index in [2.05, 4.69) is 10.3 Å². The van der Waals surface area contributed by atoms with Crippen LogP contribution in [0.25, 0.3) is 17.4 Å². The molecule has 3 heterocycles. The van der Waals surface area contributed by atoms with Crippen molar-refractivity contribution in [2.45, 2.75) is 13.0 Å². The van der Waals surface area contributed by atoms with Crippen molar-refractivity contribution in [1.82, 2.24) is 4.57 Å². The van der Waals surface area contributed by atoms with E-state index in [1.165, 1.54) is 53.1 Å². The first-order valence-electron chi connectivity index (χ1n) is 12.9. The zero-order valence-electron chi connectivity index (χ0n) is 22.3. The Kier molecular flexibility index (Phi) is 7.34. The minimum atomic E-state index is -0.883. The van der Waals surface area contributed by atoms with Gasteiger partial charge in [0.25, 0.3) is 17.2 Å². The van der Waals surface area contributed by atoms with Crippen LogP contribution in [0.3, 0.4) is 0 Å². The molecule has 0 unspecified atom stereocenters. The summed E-state index contributed by atoms with van der Waals surface area (Å²) in [6.45, 7) is 1.69. The van der Waals surface area contributed by atoms with Gasteiger partial charge in [-0.1, -0.05) is 53.3 Å². The molecule has 9 nitrogen and oxygen atoms in total. The van der Waals surface area contributed by atoms with Crippen LogP contribution in [-0.2, 0) is 4.79 Å². The molecule has 0 saturated carbocycles. The van der Waals surface area contributed by atoms with Crippen molar-refractivity contribution in [1.29, 1.82) is 0 Å². The number of carbonyl (C=O) groups excluding carboxylic acids is 1. The first-order valence-corrected chi connectivity index (χ1v) is 14.1. The SMILES string of the molecule is CC1=C(C(=O)Nc2ccccc2)[C@H](c2ccc(F)cc2)n2c(s/c(=C/c3ccc(-c4ccc(Cl)cc4[N+](=O)[O-])o3)c2=O)=N1. The highest BCUT2D eigenvalue weighted by Gasteiger charge is 2.32. The number of nitro benzene ring substituents is 1. The number of rotatable bonds is 6. The molecule has 6 rings (SSSR count). The van der Waals surface area contributed by atoms with Crippen LogP contribution >= 0.6 is 22.9 Å². The summed E-state index contributed by atoms with van der Waals surface area (Å²) >= 11 is 7.04. The van der Waals surface area contributed by atoms with E-state index in [1.807, 2.05) is 6.07 Å². The molecule has 1 amide bonds. The van der Waals surface area contributed by atoms with Crippen LogP contribution in [0.1, 0.15) is 24.3 Å². The average Bonchev–Trinajstić information content (AvgIpc) is 3.57. The molecule has 0 bridgehead atoms. The Morgan fingerprint density at radius 1 is 1.12 bits per heavy atom. The topological polar surface area (TPSA) is 120 Å². The molecule has 1 aliphatic heterocycles. The second kappa shape index (κ2) is 11.3.